The first-order valence-electron chi connectivity index (χ1n) is 6.27. The number of ether oxygens (including phenoxy) is 1. The monoisotopic (exact) mass is 350 g/mol. The molecule has 1 atom stereocenters. The van der Waals surface area contributed by atoms with Crippen molar-refractivity contribution in [3.8, 4) is 5.75 Å². The van der Waals surface area contributed by atoms with Crippen molar-refractivity contribution in [1.29, 1.82) is 0 Å². The fourth-order valence-corrected chi connectivity index (χ4v) is 2.69. The van der Waals surface area contributed by atoms with Gasteiger partial charge in [-0.25, -0.2) is 0 Å². The van der Waals surface area contributed by atoms with Crippen LogP contribution in [0.15, 0.2) is 22.7 Å². The molecule has 1 aliphatic rings. The number of alkyl halides is 3. The molecule has 0 amide bonds. The van der Waals surface area contributed by atoms with Gasteiger partial charge in [-0.2, -0.15) is 13.2 Å². The Morgan fingerprint density at radius 3 is 2.75 bits per heavy atom. The lowest BCUT2D eigenvalue weighted by Crippen LogP contribution is -2.39. The molecule has 1 heterocycles. The van der Waals surface area contributed by atoms with Crippen LogP contribution in [0.3, 0.4) is 0 Å². The zero-order valence-corrected chi connectivity index (χ0v) is 12.5. The maximum Gasteiger partial charge on any atom is 0.389 e. The Morgan fingerprint density at radius 1 is 1.40 bits per heavy atom. The molecule has 1 aromatic rings. The van der Waals surface area contributed by atoms with Crippen LogP contribution in [0.2, 0.25) is 0 Å². The number of benzene rings is 1. The third-order valence-electron chi connectivity index (χ3n) is 3.30. The summed E-state index contributed by atoms with van der Waals surface area (Å²) in [4.78, 5) is 12.1. The molecule has 110 valence electrons. The van der Waals surface area contributed by atoms with Gasteiger partial charge in [-0.3, -0.25) is 4.79 Å². The van der Waals surface area contributed by atoms with Crippen LogP contribution < -0.4 is 4.74 Å². The zero-order chi connectivity index (χ0) is 15.0. The topological polar surface area (TPSA) is 26.3 Å². The van der Waals surface area contributed by atoms with Crippen LogP contribution in [0.4, 0.5) is 13.2 Å². The molecule has 0 saturated heterocycles. The number of carbonyl (C=O) groups excluding carboxylic acids is 1. The van der Waals surface area contributed by atoms with E-state index >= 15 is 0 Å². The van der Waals surface area contributed by atoms with Crippen LogP contribution in [-0.2, 0) is 0 Å². The number of Topliss-reactive ketones (excluding diaryl/α,β-unsaturated/α-hetero) is 1. The van der Waals surface area contributed by atoms with Crippen molar-refractivity contribution < 1.29 is 22.7 Å². The zero-order valence-electron chi connectivity index (χ0n) is 10.9. The Bertz CT molecular complexity index is 528. The number of rotatable bonds is 3. The van der Waals surface area contributed by atoms with Gasteiger partial charge in [0.2, 0.25) is 0 Å². The summed E-state index contributed by atoms with van der Waals surface area (Å²) < 4.78 is 43.1. The Balaban J connectivity index is 2.10. The van der Waals surface area contributed by atoms with Gasteiger partial charge in [0.25, 0.3) is 0 Å². The summed E-state index contributed by atoms with van der Waals surface area (Å²) in [6.45, 7) is 1.69. The normalized spacial score (nSPS) is 22.4. The van der Waals surface area contributed by atoms with Crippen LogP contribution in [-0.4, -0.2) is 17.6 Å². The highest BCUT2D eigenvalue weighted by Gasteiger charge is 2.37. The Labute approximate surface area is 123 Å². The number of fused-ring (bicyclic) bond motifs is 1. The van der Waals surface area contributed by atoms with Crippen LogP contribution in [0.5, 0.6) is 5.75 Å². The maximum atomic E-state index is 12.2. The lowest BCUT2D eigenvalue weighted by molar-refractivity contribution is -0.137. The molecule has 1 aromatic carbocycles. The molecule has 0 aliphatic carbocycles. The first kappa shape index (κ1) is 15.4. The van der Waals surface area contributed by atoms with Crippen molar-refractivity contribution in [2.24, 2.45) is 0 Å². The third kappa shape index (κ3) is 3.75. The standard InChI is InChI=1S/C14H14BrF3O2/c1-13(5-2-6-14(16,17)18)8-11(19)10-4-3-9(15)7-12(10)20-13/h3-4,7H,2,5-6,8H2,1H3. The van der Waals surface area contributed by atoms with E-state index in [9.17, 15) is 18.0 Å². The third-order valence-corrected chi connectivity index (χ3v) is 3.79. The van der Waals surface area contributed by atoms with Gasteiger partial charge in [0.1, 0.15) is 11.4 Å². The van der Waals surface area contributed by atoms with E-state index < -0.39 is 18.2 Å². The van der Waals surface area contributed by atoms with Crippen LogP contribution in [0, 0.1) is 0 Å². The molecule has 0 aromatic heterocycles. The molecule has 0 N–H and O–H groups in total. The number of hydrogen-bond acceptors (Lipinski definition) is 2. The SMILES string of the molecule is CC1(CCCC(F)(F)F)CC(=O)c2ccc(Br)cc2O1. The van der Waals surface area contributed by atoms with Crippen LogP contribution >= 0.6 is 15.9 Å². The maximum absolute atomic E-state index is 12.2. The van der Waals surface area contributed by atoms with E-state index in [1.807, 2.05) is 0 Å². The molecule has 1 unspecified atom stereocenters. The van der Waals surface area contributed by atoms with Gasteiger partial charge in [0, 0.05) is 10.9 Å². The highest BCUT2D eigenvalue weighted by atomic mass is 79.9. The van der Waals surface area contributed by atoms with E-state index in [1.165, 1.54) is 0 Å². The van der Waals surface area contributed by atoms with Gasteiger partial charge in [0.15, 0.2) is 5.78 Å². The summed E-state index contributed by atoms with van der Waals surface area (Å²) in [6, 6.07) is 5.08. The average molecular weight is 351 g/mol. The van der Waals surface area contributed by atoms with E-state index in [2.05, 4.69) is 15.9 Å². The quantitative estimate of drug-likeness (QED) is 0.774. The number of carbonyl (C=O) groups is 1. The fourth-order valence-electron chi connectivity index (χ4n) is 2.35. The summed E-state index contributed by atoms with van der Waals surface area (Å²) in [6.07, 6.45) is -4.76. The van der Waals surface area contributed by atoms with Crippen molar-refractivity contribution in [2.75, 3.05) is 0 Å². The van der Waals surface area contributed by atoms with Crippen molar-refractivity contribution in [3.05, 3.63) is 28.2 Å². The molecular weight excluding hydrogens is 337 g/mol. The van der Waals surface area contributed by atoms with Gasteiger partial charge in [-0.1, -0.05) is 15.9 Å². The van der Waals surface area contributed by atoms with Gasteiger partial charge in [-0.05, 0) is 38.0 Å². The first-order valence-corrected chi connectivity index (χ1v) is 7.06. The largest absolute Gasteiger partial charge is 0.486 e. The van der Waals surface area contributed by atoms with Gasteiger partial charge >= 0.3 is 6.18 Å². The second-order valence-corrected chi connectivity index (χ2v) is 6.18. The summed E-state index contributed by atoms with van der Waals surface area (Å²) in [5, 5.41) is 0. The van der Waals surface area contributed by atoms with Crippen molar-refractivity contribution >= 4 is 21.7 Å². The minimum Gasteiger partial charge on any atom is -0.486 e. The molecule has 6 heteroatoms. The van der Waals surface area contributed by atoms with E-state index in [0.717, 1.165) is 4.47 Å². The summed E-state index contributed by atoms with van der Waals surface area (Å²) in [7, 11) is 0. The highest BCUT2D eigenvalue weighted by Crippen LogP contribution is 2.38. The number of halogens is 4. The second-order valence-electron chi connectivity index (χ2n) is 5.26. The van der Waals surface area contributed by atoms with Crippen molar-refractivity contribution in [2.45, 2.75) is 44.4 Å². The highest BCUT2D eigenvalue weighted by molar-refractivity contribution is 9.10. The average Bonchev–Trinajstić information content (AvgIpc) is 2.25. The molecule has 2 rings (SSSR count). The minimum atomic E-state index is -4.17. The van der Waals surface area contributed by atoms with E-state index in [4.69, 9.17) is 4.74 Å². The Hall–Kier alpha value is -1.04. The molecule has 0 spiro atoms. The van der Waals surface area contributed by atoms with E-state index in [0.29, 0.717) is 11.3 Å². The smallest absolute Gasteiger partial charge is 0.389 e. The summed E-state index contributed by atoms with van der Waals surface area (Å²) in [5.41, 5.74) is -0.377. The lowest BCUT2D eigenvalue weighted by Gasteiger charge is -2.35. The molecular formula is C14H14BrF3O2. The minimum absolute atomic E-state index is 0.0450. The predicted molar refractivity (Wildman–Crippen MR) is 72.0 cm³/mol. The Morgan fingerprint density at radius 2 is 2.10 bits per heavy atom. The molecule has 0 bridgehead atoms. The summed E-state index contributed by atoms with van der Waals surface area (Å²) >= 11 is 3.29. The predicted octanol–water partition coefficient (Wildman–Crippen LogP) is 4.91. The van der Waals surface area contributed by atoms with Gasteiger partial charge < -0.3 is 4.74 Å². The first-order chi connectivity index (χ1) is 9.19. The van der Waals surface area contributed by atoms with Crippen LogP contribution in [0.25, 0.3) is 0 Å². The van der Waals surface area contributed by atoms with Crippen molar-refractivity contribution in [1.82, 2.24) is 0 Å². The molecule has 0 saturated carbocycles. The molecule has 20 heavy (non-hydrogen) atoms. The van der Waals surface area contributed by atoms with Gasteiger partial charge in [0.05, 0.1) is 12.0 Å². The Kier molecular flexibility index (Phi) is 4.14. The van der Waals surface area contributed by atoms with Crippen molar-refractivity contribution in [3.63, 3.8) is 0 Å². The van der Waals surface area contributed by atoms with E-state index in [-0.39, 0.29) is 25.0 Å². The van der Waals surface area contributed by atoms with Crippen LogP contribution in [0.1, 0.15) is 43.0 Å². The molecule has 0 radical (unpaired) electrons. The number of ketones is 1. The molecule has 0 fully saturated rings. The van der Waals surface area contributed by atoms with Gasteiger partial charge in [-0.15, -0.1) is 0 Å². The number of hydrogen-bond donors (Lipinski definition) is 0. The molecule has 1 aliphatic heterocycles. The fraction of sp³-hybridized carbons (Fsp3) is 0.500. The second kappa shape index (κ2) is 5.39. The lowest BCUT2D eigenvalue weighted by atomic mass is 9.87. The van der Waals surface area contributed by atoms with E-state index in [1.54, 1.807) is 25.1 Å². The summed E-state index contributed by atoms with van der Waals surface area (Å²) in [5.74, 6) is 0.346. The molecule has 2 nitrogen and oxygen atoms in total.